The zero-order valence-electron chi connectivity index (χ0n) is 5.76. The number of nitrogens with zero attached hydrogens (tertiary/aromatic N) is 1. The highest BCUT2D eigenvalue weighted by Crippen LogP contribution is 1.73. The van der Waals surface area contributed by atoms with Gasteiger partial charge in [-0.05, 0) is 0 Å². The predicted octanol–water partition coefficient (Wildman–Crippen LogP) is -0.535. The summed E-state index contributed by atoms with van der Waals surface area (Å²) in [5, 5.41) is 2.57. The fraction of sp³-hybridized carbons (Fsp3) is 0.667. The maximum Gasteiger partial charge on any atom is 0.207 e. The van der Waals surface area contributed by atoms with Gasteiger partial charge in [0.25, 0.3) is 0 Å². The molecular formula is C6H13N2O+. The van der Waals surface area contributed by atoms with Gasteiger partial charge in [-0.25, -0.2) is 4.58 Å². The Morgan fingerprint density at radius 2 is 2.44 bits per heavy atom. The lowest BCUT2D eigenvalue weighted by molar-refractivity contribution is -0.488. The zero-order valence-corrected chi connectivity index (χ0v) is 5.76. The third kappa shape index (κ3) is 7.14. The molecule has 3 heteroatoms. The van der Waals surface area contributed by atoms with Crippen LogP contribution in [0.15, 0.2) is 0 Å². The van der Waals surface area contributed by atoms with Crippen LogP contribution in [0.3, 0.4) is 0 Å². The molecule has 0 aromatic rings. The molecule has 0 aliphatic rings. The van der Waals surface area contributed by atoms with Crippen LogP contribution in [0.5, 0.6) is 0 Å². The molecule has 0 rings (SSSR count). The SMILES string of the molecule is C=[N+](C)CCCNC=O. The third-order valence-electron chi connectivity index (χ3n) is 0.944. The van der Waals surface area contributed by atoms with E-state index in [-0.39, 0.29) is 0 Å². The molecular weight excluding hydrogens is 116 g/mol. The molecule has 0 radical (unpaired) electrons. The molecule has 3 nitrogen and oxygen atoms in total. The molecule has 1 amide bonds. The summed E-state index contributed by atoms with van der Waals surface area (Å²) < 4.78 is 1.84. The van der Waals surface area contributed by atoms with Gasteiger partial charge in [0.2, 0.25) is 6.41 Å². The van der Waals surface area contributed by atoms with Gasteiger partial charge in [0, 0.05) is 13.0 Å². The lowest BCUT2D eigenvalue weighted by Crippen LogP contribution is -2.16. The standard InChI is InChI=1S/C6H12N2O/c1-8(2)5-3-4-7-6-9/h6H,1,3-5H2,2H3/p+1. The zero-order chi connectivity index (χ0) is 7.11. The number of carbonyl (C=O) groups is 1. The van der Waals surface area contributed by atoms with Crippen LogP contribution >= 0.6 is 0 Å². The fourth-order valence-corrected chi connectivity index (χ4v) is 0.510. The van der Waals surface area contributed by atoms with Crippen molar-refractivity contribution in [1.29, 1.82) is 0 Å². The Labute approximate surface area is 55.4 Å². The van der Waals surface area contributed by atoms with Crippen LogP contribution in [0.25, 0.3) is 0 Å². The van der Waals surface area contributed by atoms with Gasteiger partial charge in [-0.2, -0.15) is 0 Å². The Hall–Kier alpha value is -0.860. The number of hydrogen-bond acceptors (Lipinski definition) is 1. The lowest BCUT2D eigenvalue weighted by Gasteiger charge is -1.94. The molecule has 0 aliphatic heterocycles. The summed E-state index contributed by atoms with van der Waals surface area (Å²) in [6.45, 7) is 5.31. The average molecular weight is 129 g/mol. The van der Waals surface area contributed by atoms with Crippen molar-refractivity contribution < 1.29 is 9.37 Å². The van der Waals surface area contributed by atoms with Crippen LogP contribution in [0, 0.1) is 0 Å². The number of amides is 1. The molecule has 0 heterocycles. The van der Waals surface area contributed by atoms with Crippen LogP contribution in [0.4, 0.5) is 0 Å². The highest BCUT2D eigenvalue weighted by Gasteiger charge is 1.89. The summed E-state index contributed by atoms with van der Waals surface area (Å²) in [6.07, 6.45) is 1.67. The van der Waals surface area contributed by atoms with Crippen molar-refractivity contribution in [1.82, 2.24) is 5.32 Å². The van der Waals surface area contributed by atoms with E-state index in [9.17, 15) is 4.79 Å². The van der Waals surface area contributed by atoms with E-state index in [1.165, 1.54) is 0 Å². The molecule has 0 atom stereocenters. The van der Waals surface area contributed by atoms with E-state index in [1.54, 1.807) is 0 Å². The molecule has 52 valence electrons. The third-order valence-corrected chi connectivity index (χ3v) is 0.944. The smallest absolute Gasteiger partial charge is 0.207 e. The van der Waals surface area contributed by atoms with Crippen LogP contribution in [0.1, 0.15) is 6.42 Å². The Morgan fingerprint density at radius 3 is 2.89 bits per heavy atom. The maximum absolute atomic E-state index is 9.71. The summed E-state index contributed by atoms with van der Waals surface area (Å²) in [7, 11) is 1.90. The first-order valence-corrected chi connectivity index (χ1v) is 2.96. The maximum atomic E-state index is 9.71. The van der Waals surface area contributed by atoms with E-state index in [0.29, 0.717) is 6.41 Å². The molecule has 0 aromatic heterocycles. The van der Waals surface area contributed by atoms with E-state index in [1.807, 2.05) is 11.6 Å². The Balaban J connectivity index is 2.91. The van der Waals surface area contributed by atoms with Crippen LogP contribution in [0.2, 0.25) is 0 Å². The summed E-state index contributed by atoms with van der Waals surface area (Å²) in [5.41, 5.74) is 0. The second-order valence-electron chi connectivity index (χ2n) is 2.01. The molecule has 0 aliphatic carbocycles. The van der Waals surface area contributed by atoms with Crippen molar-refractivity contribution >= 4 is 13.1 Å². The monoisotopic (exact) mass is 129 g/mol. The van der Waals surface area contributed by atoms with Gasteiger partial charge in [-0.3, -0.25) is 4.79 Å². The molecule has 1 N–H and O–H groups in total. The lowest BCUT2D eigenvalue weighted by atomic mass is 10.4. The van der Waals surface area contributed by atoms with Crippen LogP contribution in [-0.2, 0) is 4.79 Å². The highest BCUT2D eigenvalue weighted by atomic mass is 16.1. The highest BCUT2D eigenvalue weighted by molar-refractivity contribution is 5.45. The van der Waals surface area contributed by atoms with Crippen molar-refractivity contribution in [2.45, 2.75) is 6.42 Å². The first kappa shape index (κ1) is 8.14. The van der Waals surface area contributed by atoms with Crippen molar-refractivity contribution in [3.8, 4) is 0 Å². The van der Waals surface area contributed by atoms with E-state index >= 15 is 0 Å². The first-order chi connectivity index (χ1) is 4.27. The summed E-state index contributed by atoms with van der Waals surface area (Å²) in [6, 6.07) is 0. The second-order valence-corrected chi connectivity index (χ2v) is 2.01. The Morgan fingerprint density at radius 1 is 1.78 bits per heavy atom. The van der Waals surface area contributed by atoms with Gasteiger partial charge in [0.15, 0.2) is 0 Å². The van der Waals surface area contributed by atoms with Crippen LogP contribution in [-0.4, -0.2) is 37.8 Å². The fourth-order valence-electron chi connectivity index (χ4n) is 0.510. The molecule has 0 aromatic carbocycles. The Bertz CT molecular complexity index is 101. The molecule has 0 spiro atoms. The summed E-state index contributed by atoms with van der Waals surface area (Å²) in [4.78, 5) is 9.71. The number of nitrogens with one attached hydrogen (secondary N) is 1. The minimum absolute atomic E-state index is 0.711. The van der Waals surface area contributed by atoms with E-state index in [0.717, 1.165) is 19.5 Å². The second kappa shape index (κ2) is 5.28. The van der Waals surface area contributed by atoms with Crippen molar-refractivity contribution in [3.63, 3.8) is 0 Å². The first-order valence-electron chi connectivity index (χ1n) is 2.96. The summed E-state index contributed by atoms with van der Waals surface area (Å²) in [5.74, 6) is 0. The van der Waals surface area contributed by atoms with E-state index in [2.05, 4.69) is 12.0 Å². The average Bonchev–Trinajstić information content (AvgIpc) is 1.80. The summed E-state index contributed by atoms with van der Waals surface area (Å²) >= 11 is 0. The largest absolute Gasteiger partial charge is 0.358 e. The Kier molecular flexibility index (Phi) is 4.78. The van der Waals surface area contributed by atoms with Gasteiger partial charge < -0.3 is 5.32 Å². The van der Waals surface area contributed by atoms with Crippen LogP contribution < -0.4 is 5.32 Å². The van der Waals surface area contributed by atoms with Gasteiger partial charge >= 0.3 is 0 Å². The molecule has 9 heavy (non-hydrogen) atoms. The van der Waals surface area contributed by atoms with Crippen molar-refractivity contribution in [2.75, 3.05) is 20.1 Å². The van der Waals surface area contributed by atoms with Gasteiger partial charge in [0.1, 0.15) is 20.3 Å². The van der Waals surface area contributed by atoms with E-state index < -0.39 is 0 Å². The molecule has 0 fully saturated rings. The number of hydrogen-bond donors (Lipinski definition) is 1. The number of carbonyl (C=O) groups excluding carboxylic acids is 1. The molecule has 0 bridgehead atoms. The van der Waals surface area contributed by atoms with Gasteiger partial charge in [-0.1, -0.05) is 0 Å². The number of rotatable bonds is 5. The quantitative estimate of drug-likeness (QED) is 0.230. The van der Waals surface area contributed by atoms with Gasteiger partial charge in [-0.15, -0.1) is 0 Å². The normalized spacial score (nSPS) is 8.56. The van der Waals surface area contributed by atoms with Gasteiger partial charge in [0.05, 0.1) is 0 Å². The molecule has 0 saturated carbocycles. The minimum atomic E-state index is 0.711. The molecule has 0 unspecified atom stereocenters. The minimum Gasteiger partial charge on any atom is -0.358 e. The van der Waals surface area contributed by atoms with E-state index in [4.69, 9.17) is 0 Å². The van der Waals surface area contributed by atoms with Crippen molar-refractivity contribution in [3.05, 3.63) is 0 Å². The van der Waals surface area contributed by atoms with Crippen molar-refractivity contribution in [2.24, 2.45) is 0 Å². The molecule has 0 saturated heterocycles. The topological polar surface area (TPSA) is 32.1 Å². The predicted molar refractivity (Wildman–Crippen MR) is 36.9 cm³/mol.